The van der Waals surface area contributed by atoms with Gasteiger partial charge in [-0.25, -0.2) is 4.68 Å². The Bertz CT molecular complexity index is 669. The van der Waals surface area contributed by atoms with E-state index in [1.54, 1.807) is 13.3 Å². The van der Waals surface area contributed by atoms with E-state index in [4.69, 9.17) is 4.74 Å². The Kier molecular flexibility index (Phi) is 4.60. The Morgan fingerprint density at radius 2 is 2.30 bits per heavy atom. The molecule has 0 N–H and O–H groups in total. The topological polar surface area (TPSA) is 60.2 Å². The van der Waals surface area contributed by atoms with Crippen LogP contribution in [-0.4, -0.2) is 46.0 Å². The van der Waals surface area contributed by atoms with Crippen molar-refractivity contribution in [1.82, 2.24) is 19.9 Å². The first kappa shape index (κ1) is 15.5. The molecule has 2 heterocycles. The van der Waals surface area contributed by atoms with Gasteiger partial charge in [-0.3, -0.25) is 4.79 Å². The highest BCUT2D eigenvalue weighted by Gasteiger charge is 2.25. The zero-order valence-corrected chi connectivity index (χ0v) is 13.6. The van der Waals surface area contributed by atoms with Crippen molar-refractivity contribution >= 4 is 5.91 Å². The van der Waals surface area contributed by atoms with Crippen molar-refractivity contribution in [3.63, 3.8) is 0 Å². The van der Waals surface area contributed by atoms with Crippen LogP contribution in [0.25, 0.3) is 0 Å². The molecule has 23 heavy (non-hydrogen) atoms. The summed E-state index contributed by atoms with van der Waals surface area (Å²) in [5.74, 6) is 0.992. The van der Waals surface area contributed by atoms with Crippen LogP contribution < -0.4 is 4.74 Å². The molecule has 1 aliphatic rings. The van der Waals surface area contributed by atoms with Crippen LogP contribution in [0.2, 0.25) is 0 Å². The summed E-state index contributed by atoms with van der Waals surface area (Å²) in [6, 6.07) is 6.08. The van der Waals surface area contributed by atoms with Crippen LogP contribution in [-0.2, 0) is 11.2 Å². The average Bonchev–Trinajstić information content (AvgIpc) is 3.11. The lowest BCUT2D eigenvalue weighted by Crippen LogP contribution is -2.41. The van der Waals surface area contributed by atoms with E-state index in [9.17, 15) is 4.79 Å². The molecule has 0 spiro atoms. The molecule has 6 nitrogen and oxygen atoms in total. The van der Waals surface area contributed by atoms with Gasteiger partial charge in [-0.1, -0.05) is 11.3 Å². The predicted molar refractivity (Wildman–Crippen MR) is 86.3 cm³/mol. The Morgan fingerprint density at radius 1 is 1.43 bits per heavy atom. The van der Waals surface area contributed by atoms with E-state index in [-0.39, 0.29) is 11.9 Å². The first-order chi connectivity index (χ1) is 11.2. The highest BCUT2D eigenvalue weighted by molar-refractivity contribution is 5.79. The molecular weight excluding hydrogens is 292 g/mol. The summed E-state index contributed by atoms with van der Waals surface area (Å²) >= 11 is 0. The number of piperidine rings is 1. The molecule has 0 unspecified atom stereocenters. The van der Waals surface area contributed by atoms with Crippen LogP contribution in [0.4, 0.5) is 0 Å². The van der Waals surface area contributed by atoms with Gasteiger partial charge in [0.15, 0.2) is 0 Å². The van der Waals surface area contributed by atoms with E-state index >= 15 is 0 Å². The fourth-order valence-corrected chi connectivity index (χ4v) is 3.08. The molecule has 122 valence electrons. The molecule has 1 atom stereocenters. The third-order valence-corrected chi connectivity index (χ3v) is 4.46. The fraction of sp³-hybridized carbons (Fsp3) is 0.471. The lowest BCUT2D eigenvalue weighted by molar-refractivity contribution is -0.132. The Morgan fingerprint density at radius 3 is 3.00 bits per heavy atom. The quantitative estimate of drug-likeness (QED) is 0.866. The van der Waals surface area contributed by atoms with Crippen molar-refractivity contribution in [2.24, 2.45) is 0 Å². The van der Waals surface area contributed by atoms with Crippen molar-refractivity contribution in [2.75, 3.05) is 20.2 Å². The van der Waals surface area contributed by atoms with Gasteiger partial charge < -0.3 is 9.64 Å². The molecule has 1 fully saturated rings. The number of likely N-dealkylation sites (tertiary alicyclic amines) is 1. The maximum absolute atomic E-state index is 12.6. The van der Waals surface area contributed by atoms with Crippen LogP contribution in [0.1, 0.15) is 30.0 Å². The van der Waals surface area contributed by atoms with Crippen molar-refractivity contribution in [3.05, 3.63) is 41.7 Å². The highest BCUT2D eigenvalue weighted by atomic mass is 16.5. The Labute approximate surface area is 136 Å². The molecular formula is C17H22N4O2. The Hall–Kier alpha value is -2.37. The van der Waals surface area contributed by atoms with E-state index in [0.29, 0.717) is 13.0 Å². The van der Waals surface area contributed by atoms with Gasteiger partial charge in [-0.05, 0) is 43.0 Å². The predicted octanol–water partition coefficient (Wildman–Crippen LogP) is 2.00. The molecule has 6 heteroatoms. The molecule has 3 rings (SSSR count). The number of ether oxygens (including phenoxy) is 1. The number of nitrogens with zero attached hydrogens (tertiary/aromatic N) is 4. The summed E-state index contributed by atoms with van der Waals surface area (Å²) in [4.78, 5) is 14.6. The van der Waals surface area contributed by atoms with Crippen LogP contribution in [0, 0.1) is 6.92 Å². The standard InChI is InChI=1S/C17H22N4O2/c1-13-10-16(23-2)6-5-14(13)11-17(22)20-8-3-4-15(12-20)21-9-7-18-19-21/h5-7,9-10,15H,3-4,8,11-12H2,1-2H3/t15-/m0/s1. The van der Waals surface area contributed by atoms with Gasteiger partial charge >= 0.3 is 0 Å². The molecule has 0 saturated carbocycles. The zero-order valence-electron chi connectivity index (χ0n) is 13.6. The summed E-state index contributed by atoms with van der Waals surface area (Å²) in [5, 5.41) is 7.93. The number of methoxy groups -OCH3 is 1. The van der Waals surface area contributed by atoms with Crippen LogP contribution >= 0.6 is 0 Å². The van der Waals surface area contributed by atoms with Crippen molar-refractivity contribution < 1.29 is 9.53 Å². The number of amides is 1. The van der Waals surface area contributed by atoms with Gasteiger partial charge in [-0.2, -0.15) is 0 Å². The molecule has 1 saturated heterocycles. The van der Waals surface area contributed by atoms with Crippen LogP contribution in [0.15, 0.2) is 30.6 Å². The SMILES string of the molecule is COc1ccc(CC(=O)N2CCC[C@H](n3ccnn3)C2)c(C)c1. The molecule has 1 aliphatic heterocycles. The van der Waals surface area contributed by atoms with Gasteiger partial charge in [-0.15, -0.1) is 5.10 Å². The van der Waals surface area contributed by atoms with E-state index in [0.717, 1.165) is 36.3 Å². The minimum absolute atomic E-state index is 0.170. The van der Waals surface area contributed by atoms with Crippen molar-refractivity contribution in [3.8, 4) is 5.75 Å². The first-order valence-electron chi connectivity index (χ1n) is 7.94. The van der Waals surface area contributed by atoms with Gasteiger partial charge in [0.1, 0.15) is 5.75 Å². The van der Waals surface area contributed by atoms with Gasteiger partial charge in [0.25, 0.3) is 0 Å². The maximum Gasteiger partial charge on any atom is 0.227 e. The van der Waals surface area contributed by atoms with Gasteiger partial charge in [0, 0.05) is 19.3 Å². The third-order valence-electron chi connectivity index (χ3n) is 4.46. The maximum atomic E-state index is 12.6. The van der Waals surface area contributed by atoms with Crippen molar-refractivity contribution in [1.29, 1.82) is 0 Å². The number of carbonyl (C=O) groups excluding carboxylic acids is 1. The van der Waals surface area contributed by atoms with Crippen molar-refractivity contribution in [2.45, 2.75) is 32.2 Å². The lowest BCUT2D eigenvalue weighted by atomic mass is 10.0. The van der Waals surface area contributed by atoms with E-state index in [1.807, 2.05) is 40.9 Å². The van der Waals surface area contributed by atoms with Crippen LogP contribution in [0.3, 0.4) is 0 Å². The first-order valence-corrected chi connectivity index (χ1v) is 7.94. The number of aryl methyl sites for hydroxylation is 1. The summed E-state index contributed by atoms with van der Waals surface area (Å²) in [6.07, 6.45) is 6.01. The van der Waals surface area contributed by atoms with Gasteiger partial charge in [0.2, 0.25) is 5.91 Å². The largest absolute Gasteiger partial charge is 0.497 e. The Balaban J connectivity index is 1.66. The molecule has 0 radical (unpaired) electrons. The molecule has 1 aromatic carbocycles. The second-order valence-electron chi connectivity index (χ2n) is 5.99. The lowest BCUT2D eigenvalue weighted by Gasteiger charge is -2.32. The van der Waals surface area contributed by atoms with Gasteiger partial charge in [0.05, 0.1) is 25.8 Å². The van der Waals surface area contributed by atoms with E-state index in [1.165, 1.54) is 0 Å². The molecule has 1 aromatic heterocycles. The third kappa shape index (κ3) is 3.52. The summed E-state index contributed by atoms with van der Waals surface area (Å²) in [7, 11) is 1.65. The minimum atomic E-state index is 0.170. The second-order valence-corrected chi connectivity index (χ2v) is 5.99. The smallest absolute Gasteiger partial charge is 0.227 e. The number of carbonyl (C=O) groups is 1. The average molecular weight is 314 g/mol. The molecule has 0 bridgehead atoms. The number of rotatable bonds is 4. The summed E-state index contributed by atoms with van der Waals surface area (Å²) in [5.41, 5.74) is 2.14. The molecule has 1 amide bonds. The number of aromatic nitrogens is 3. The summed E-state index contributed by atoms with van der Waals surface area (Å²) in [6.45, 7) is 3.54. The second kappa shape index (κ2) is 6.81. The number of hydrogen-bond acceptors (Lipinski definition) is 4. The molecule has 2 aromatic rings. The normalized spacial score (nSPS) is 18.0. The van der Waals surface area contributed by atoms with E-state index in [2.05, 4.69) is 10.3 Å². The monoisotopic (exact) mass is 314 g/mol. The molecule has 0 aliphatic carbocycles. The van der Waals surface area contributed by atoms with E-state index < -0.39 is 0 Å². The fourth-order valence-electron chi connectivity index (χ4n) is 3.08. The number of benzene rings is 1. The highest BCUT2D eigenvalue weighted by Crippen LogP contribution is 2.22. The van der Waals surface area contributed by atoms with Crippen LogP contribution in [0.5, 0.6) is 5.75 Å². The zero-order chi connectivity index (χ0) is 16.2. The number of hydrogen-bond donors (Lipinski definition) is 0. The minimum Gasteiger partial charge on any atom is -0.497 e. The summed E-state index contributed by atoms with van der Waals surface area (Å²) < 4.78 is 7.07.